The topological polar surface area (TPSA) is 46.4 Å². The summed E-state index contributed by atoms with van der Waals surface area (Å²) >= 11 is 2.18. The number of benzene rings is 2. The summed E-state index contributed by atoms with van der Waals surface area (Å²) in [4.78, 5) is 17.7. The van der Waals surface area contributed by atoms with Crippen LogP contribution in [0.5, 0.6) is 0 Å². The molecule has 0 aliphatic carbocycles. The lowest BCUT2D eigenvalue weighted by Crippen LogP contribution is -2.15. The number of fused-ring (bicyclic) bond motifs is 1. The van der Waals surface area contributed by atoms with Crippen LogP contribution < -0.4 is 5.32 Å². The number of rotatable bonds is 3. The van der Waals surface area contributed by atoms with E-state index in [1.807, 2.05) is 84.3 Å². The van der Waals surface area contributed by atoms with Gasteiger partial charge in [-0.1, -0.05) is 48.5 Å². The van der Waals surface area contributed by atoms with E-state index in [2.05, 4.69) is 27.9 Å². The van der Waals surface area contributed by atoms with Gasteiger partial charge >= 0.3 is 0 Å². The number of hydrogen-bond acceptors (Lipinski definition) is 2. The summed E-state index contributed by atoms with van der Waals surface area (Å²) in [5, 5.41) is 3.07. The van der Waals surface area contributed by atoms with Crippen molar-refractivity contribution in [1.29, 1.82) is 0 Å². The Balaban J connectivity index is 1.87. The molecule has 2 aromatic carbocycles. The zero-order valence-corrected chi connectivity index (χ0v) is 16.3. The molecule has 0 atom stereocenters. The van der Waals surface area contributed by atoms with Crippen LogP contribution in [0, 0.1) is 10.5 Å². The smallest absolute Gasteiger partial charge is 0.257 e. The molecule has 4 nitrogen and oxygen atoms in total. The van der Waals surface area contributed by atoms with Gasteiger partial charge in [-0.2, -0.15) is 0 Å². The summed E-state index contributed by atoms with van der Waals surface area (Å²) in [5.74, 6) is 0.537. The molecule has 0 unspecified atom stereocenters. The van der Waals surface area contributed by atoms with Gasteiger partial charge in [0.15, 0.2) is 0 Å². The van der Waals surface area contributed by atoms with Crippen molar-refractivity contribution < 1.29 is 4.79 Å². The number of halogens is 1. The minimum atomic E-state index is -0.143. The van der Waals surface area contributed by atoms with Gasteiger partial charge in [-0.05, 0) is 53.3 Å². The van der Waals surface area contributed by atoms with Crippen molar-refractivity contribution >= 4 is 40.0 Å². The molecular formula is C21H16IN3O. The highest BCUT2D eigenvalue weighted by Crippen LogP contribution is 2.30. The van der Waals surface area contributed by atoms with Gasteiger partial charge in [-0.25, -0.2) is 4.98 Å². The minimum Gasteiger partial charge on any atom is -0.306 e. The quantitative estimate of drug-likeness (QED) is 0.436. The lowest BCUT2D eigenvalue weighted by atomic mass is 10.1. The molecule has 0 spiro atoms. The van der Waals surface area contributed by atoms with Crippen molar-refractivity contribution in [3.63, 3.8) is 0 Å². The van der Waals surface area contributed by atoms with Gasteiger partial charge in [-0.15, -0.1) is 0 Å². The number of anilines is 1. The fourth-order valence-electron chi connectivity index (χ4n) is 2.94. The summed E-state index contributed by atoms with van der Waals surface area (Å²) in [7, 11) is 0. The molecule has 5 heteroatoms. The number of imidazole rings is 1. The van der Waals surface area contributed by atoms with E-state index in [-0.39, 0.29) is 5.91 Å². The number of hydrogen-bond donors (Lipinski definition) is 1. The lowest BCUT2D eigenvalue weighted by Gasteiger charge is -2.09. The fraction of sp³-hybridized carbons (Fsp3) is 0.0476. The van der Waals surface area contributed by atoms with Crippen LogP contribution in [0.25, 0.3) is 16.9 Å². The first-order chi connectivity index (χ1) is 12.6. The Morgan fingerprint density at radius 1 is 1.00 bits per heavy atom. The van der Waals surface area contributed by atoms with Crippen LogP contribution in [-0.4, -0.2) is 15.3 Å². The summed E-state index contributed by atoms with van der Waals surface area (Å²) in [6.07, 6.45) is 1.92. The summed E-state index contributed by atoms with van der Waals surface area (Å²) < 4.78 is 2.85. The van der Waals surface area contributed by atoms with Crippen LogP contribution in [0.3, 0.4) is 0 Å². The monoisotopic (exact) mass is 453 g/mol. The third-order valence-electron chi connectivity index (χ3n) is 4.24. The van der Waals surface area contributed by atoms with Crippen LogP contribution >= 0.6 is 22.6 Å². The number of pyridine rings is 1. The fourth-order valence-corrected chi connectivity index (χ4v) is 3.57. The number of carbonyl (C=O) groups is 1. The predicted molar refractivity (Wildman–Crippen MR) is 112 cm³/mol. The molecule has 0 bridgehead atoms. The molecule has 0 aliphatic rings. The van der Waals surface area contributed by atoms with Crippen LogP contribution in [0.2, 0.25) is 0 Å². The van der Waals surface area contributed by atoms with Crippen LogP contribution in [0.15, 0.2) is 72.9 Å². The second kappa shape index (κ2) is 6.92. The Kier molecular flexibility index (Phi) is 4.46. The van der Waals surface area contributed by atoms with E-state index in [9.17, 15) is 4.79 Å². The van der Waals surface area contributed by atoms with E-state index >= 15 is 0 Å². The first kappa shape index (κ1) is 16.8. The summed E-state index contributed by atoms with van der Waals surface area (Å²) in [6, 6.07) is 21.4. The van der Waals surface area contributed by atoms with E-state index in [4.69, 9.17) is 4.98 Å². The van der Waals surface area contributed by atoms with Crippen molar-refractivity contribution in [2.24, 2.45) is 0 Å². The van der Waals surface area contributed by atoms with Gasteiger partial charge in [0, 0.05) is 15.3 Å². The molecule has 2 heterocycles. The molecule has 128 valence electrons. The van der Waals surface area contributed by atoms with Crippen LogP contribution in [0.1, 0.15) is 15.9 Å². The SMILES string of the molecule is Cc1cccn2c(NC(=O)c3ccccc3I)c(-c3ccccc3)nc12. The van der Waals surface area contributed by atoms with Crippen molar-refractivity contribution in [2.75, 3.05) is 5.32 Å². The molecule has 0 saturated heterocycles. The second-order valence-corrected chi connectivity index (χ2v) is 7.16. The Morgan fingerprint density at radius 2 is 1.73 bits per heavy atom. The van der Waals surface area contributed by atoms with Crippen LogP contribution in [-0.2, 0) is 0 Å². The van der Waals surface area contributed by atoms with Crippen molar-refractivity contribution in [1.82, 2.24) is 9.38 Å². The molecule has 4 aromatic rings. The van der Waals surface area contributed by atoms with Gasteiger partial charge in [0.2, 0.25) is 0 Å². The number of aryl methyl sites for hydroxylation is 1. The molecule has 0 radical (unpaired) electrons. The molecular weight excluding hydrogens is 437 g/mol. The number of amides is 1. The molecule has 1 N–H and O–H groups in total. The van der Waals surface area contributed by atoms with E-state index < -0.39 is 0 Å². The zero-order valence-electron chi connectivity index (χ0n) is 14.1. The van der Waals surface area contributed by atoms with Crippen LogP contribution in [0.4, 0.5) is 5.82 Å². The third-order valence-corrected chi connectivity index (χ3v) is 5.18. The number of aromatic nitrogens is 2. The number of carbonyl (C=O) groups excluding carboxylic acids is 1. The molecule has 1 amide bonds. The number of nitrogens with one attached hydrogen (secondary N) is 1. The molecule has 4 rings (SSSR count). The Bertz CT molecular complexity index is 1100. The highest BCUT2D eigenvalue weighted by Gasteiger charge is 2.19. The first-order valence-corrected chi connectivity index (χ1v) is 9.32. The van der Waals surface area contributed by atoms with Gasteiger partial charge in [0.25, 0.3) is 5.91 Å². The minimum absolute atomic E-state index is 0.143. The normalized spacial score (nSPS) is 10.8. The predicted octanol–water partition coefficient (Wildman–Crippen LogP) is 5.17. The van der Waals surface area contributed by atoms with E-state index in [0.717, 1.165) is 26.0 Å². The lowest BCUT2D eigenvalue weighted by molar-refractivity contribution is 0.102. The van der Waals surface area contributed by atoms with Crippen molar-refractivity contribution in [3.05, 3.63) is 87.6 Å². The van der Waals surface area contributed by atoms with E-state index in [0.29, 0.717) is 11.4 Å². The van der Waals surface area contributed by atoms with E-state index in [1.165, 1.54) is 0 Å². The second-order valence-electron chi connectivity index (χ2n) is 5.99. The maximum absolute atomic E-state index is 12.9. The molecule has 0 fully saturated rings. The summed E-state index contributed by atoms with van der Waals surface area (Å²) in [5.41, 5.74) is 4.27. The van der Waals surface area contributed by atoms with Crippen molar-refractivity contribution in [3.8, 4) is 11.3 Å². The summed E-state index contributed by atoms with van der Waals surface area (Å²) in [6.45, 7) is 2.02. The zero-order chi connectivity index (χ0) is 18.1. The van der Waals surface area contributed by atoms with Gasteiger partial charge < -0.3 is 5.32 Å². The maximum atomic E-state index is 12.9. The molecule has 0 aliphatic heterocycles. The Morgan fingerprint density at radius 3 is 2.50 bits per heavy atom. The largest absolute Gasteiger partial charge is 0.306 e. The van der Waals surface area contributed by atoms with Gasteiger partial charge in [-0.3, -0.25) is 9.20 Å². The Hall–Kier alpha value is -2.67. The van der Waals surface area contributed by atoms with Crippen molar-refractivity contribution in [2.45, 2.75) is 6.92 Å². The Labute approximate surface area is 165 Å². The maximum Gasteiger partial charge on any atom is 0.257 e. The number of nitrogens with zero attached hydrogens (tertiary/aromatic N) is 2. The van der Waals surface area contributed by atoms with Gasteiger partial charge in [0.1, 0.15) is 17.2 Å². The standard InChI is InChI=1S/C21H16IN3O/c1-14-8-7-13-25-19(14)23-18(15-9-3-2-4-10-15)20(25)24-21(26)16-11-5-6-12-17(16)22/h2-13H,1H3,(H,24,26). The average molecular weight is 453 g/mol. The molecule has 26 heavy (non-hydrogen) atoms. The van der Waals surface area contributed by atoms with Gasteiger partial charge in [0.05, 0.1) is 5.56 Å². The third kappa shape index (κ3) is 2.99. The first-order valence-electron chi connectivity index (χ1n) is 8.24. The highest BCUT2D eigenvalue weighted by atomic mass is 127. The molecule has 2 aromatic heterocycles. The average Bonchev–Trinajstić information content (AvgIpc) is 3.03. The van der Waals surface area contributed by atoms with E-state index in [1.54, 1.807) is 0 Å². The highest BCUT2D eigenvalue weighted by molar-refractivity contribution is 14.1. The molecule has 0 saturated carbocycles.